The number of nitrogens with zero attached hydrogens (tertiary/aromatic N) is 4. The molecule has 4 rings (SSSR count). The quantitative estimate of drug-likeness (QED) is 0.419. The van der Waals surface area contributed by atoms with Crippen LogP contribution in [-0.4, -0.2) is 39.7 Å². The Balaban J connectivity index is 1.65. The summed E-state index contributed by atoms with van der Waals surface area (Å²) in [7, 11) is 3.13. The smallest absolute Gasteiger partial charge is 0.278 e. The van der Waals surface area contributed by atoms with Crippen LogP contribution in [0.3, 0.4) is 0 Å². The lowest BCUT2D eigenvalue weighted by atomic mass is 10.1. The molecule has 0 saturated heterocycles. The van der Waals surface area contributed by atoms with E-state index < -0.39 is 6.04 Å². The van der Waals surface area contributed by atoms with Crippen molar-refractivity contribution in [2.24, 2.45) is 0 Å². The van der Waals surface area contributed by atoms with Gasteiger partial charge >= 0.3 is 0 Å². The van der Waals surface area contributed by atoms with E-state index in [1.54, 1.807) is 31.9 Å². The lowest BCUT2D eigenvalue weighted by Gasteiger charge is -2.18. The van der Waals surface area contributed by atoms with Gasteiger partial charge in [0, 0.05) is 6.54 Å². The lowest BCUT2D eigenvalue weighted by Crippen LogP contribution is -2.38. The van der Waals surface area contributed by atoms with Gasteiger partial charge in [0.05, 0.1) is 36.7 Å². The standard InChI is InChI=1S/C26H29N5O4/c1-6-20(25(32)27-15-18-12-13-21(34-4)22(14-18)35-5)31-26(33)23-17(3)30(19-10-8-7-9-11-19)29-24(23)16(2)28-31/h7-14,20H,6,15H2,1-5H3,(H,27,32)/t20-/m1/s1. The highest BCUT2D eigenvalue weighted by Crippen LogP contribution is 2.27. The molecular formula is C26H29N5O4. The van der Waals surface area contributed by atoms with Crippen LogP contribution in [-0.2, 0) is 11.3 Å². The first kappa shape index (κ1) is 24.0. The van der Waals surface area contributed by atoms with E-state index in [-0.39, 0.29) is 18.0 Å². The van der Waals surface area contributed by atoms with Crippen LogP contribution in [0.25, 0.3) is 16.6 Å². The number of fused-ring (bicyclic) bond motifs is 1. The summed E-state index contributed by atoms with van der Waals surface area (Å²) < 4.78 is 13.6. The molecule has 0 radical (unpaired) electrons. The molecule has 2 aromatic carbocycles. The molecule has 0 bridgehead atoms. The van der Waals surface area contributed by atoms with E-state index in [1.165, 1.54) is 4.68 Å². The zero-order valence-corrected chi connectivity index (χ0v) is 20.5. The van der Waals surface area contributed by atoms with Gasteiger partial charge in [0.1, 0.15) is 11.6 Å². The number of ether oxygens (including phenoxy) is 2. The van der Waals surface area contributed by atoms with Crippen molar-refractivity contribution in [3.63, 3.8) is 0 Å². The maximum Gasteiger partial charge on any atom is 0.278 e. The van der Waals surface area contributed by atoms with Gasteiger partial charge in [-0.15, -0.1) is 0 Å². The molecule has 182 valence electrons. The van der Waals surface area contributed by atoms with Crippen molar-refractivity contribution in [2.75, 3.05) is 14.2 Å². The highest BCUT2D eigenvalue weighted by Gasteiger charge is 2.25. The van der Waals surface area contributed by atoms with E-state index in [4.69, 9.17) is 9.47 Å². The van der Waals surface area contributed by atoms with Crippen LogP contribution in [0.2, 0.25) is 0 Å². The summed E-state index contributed by atoms with van der Waals surface area (Å²) in [6, 6.07) is 14.3. The molecule has 0 saturated carbocycles. The highest BCUT2D eigenvalue weighted by molar-refractivity contribution is 5.84. The Hall–Kier alpha value is -4.14. The van der Waals surface area contributed by atoms with E-state index >= 15 is 0 Å². The zero-order chi connectivity index (χ0) is 25.1. The van der Waals surface area contributed by atoms with Gasteiger partial charge in [0.15, 0.2) is 11.5 Å². The normalized spacial score (nSPS) is 11.9. The topological polar surface area (TPSA) is 100 Å². The summed E-state index contributed by atoms with van der Waals surface area (Å²) in [6.45, 7) is 5.78. The average Bonchev–Trinajstić information content (AvgIpc) is 3.24. The Morgan fingerprint density at radius 1 is 1.03 bits per heavy atom. The maximum atomic E-state index is 13.5. The molecule has 35 heavy (non-hydrogen) atoms. The van der Waals surface area contributed by atoms with Gasteiger partial charge in [0.25, 0.3) is 5.56 Å². The third-order valence-electron chi connectivity index (χ3n) is 6.04. The molecule has 0 fully saturated rings. The monoisotopic (exact) mass is 475 g/mol. The molecule has 0 unspecified atom stereocenters. The third kappa shape index (κ3) is 4.49. The number of aromatic nitrogens is 4. The fourth-order valence-corrected chi connectivity index (χ4v) is 4.18. The van der Waals surface area contributed by atoms with Gasteiger partial charge in [0.2, 0.25) is 5.91 Å². The summed E-state index contributed by atoms with van der Waals surface area (Å²) >= 11 is 0. The van der Waals surface area contributed by atoms with Crippen molar-refractivity contribution in [1.29, 1.82) is 0 Å². The molecule has 0 aliphatic carbocycles. The molecule has 0 aliphatic heterocycles. The van der Waals surface area contributed by atoms with Crippen molar-refractivity contribution < 1.29 is 14.3 Å². The highest BCUT2D eigenvalue weighted by atomic mass is 16.5. The van der Waals surface area contributed by atoms with Gasteiger partial charge in [-0.1, -0.05) is 31.2 Å². The number of para-hydroxylation sites is 1. The van der Waals surface area contributed by atoms with Crippen LogP contribution in [0.1, 0.15) is 36.3 Å². The zero-order valence-electron chi connectivity index (χ0n) is 20.5. The fourth-order valence-electron chi connectivity index (χ4n) is 4.18. The summed E-state index contributed by atoms with van der Waals surface area (Å²) in [5.74, 6) is 0.903. The predicted octanol–water partition coefficient (Wildman–Crippen LogP) is 3.48. The Bertz CT molecular complexity index is 1430. The first-order valence-corrected chi connectivity index (χ1v) is 11.4. The number of nitrogens with one attached hydrogen (secondary N) is 1. The SMILES string of the molecule is CC[C@H](C(=O)NCc1ccc(OC)c(OC)c1)n1nc(C)c2nn(-c3ccccc3)c(C)c2c1=O. The van der Waals surface area contributed by atoms with E-state index in [0.29, 0.717) is 40.2 Å². The van der Waals surface area contributed by atoms with Crippen LogP contribution in [0.4, 0.5) is 0 Å². The van der Waals surface area contributed by atoms with Crippen LogP contribution in [0, 0.1) is 13.8 Å². The minimum Gasteiger partial charge on any atom is -0.493 e. The lowest BCUT2D eigenvalue weighted by molar-refractivity contribution is -0.125. The number of amides is 1. The van der Waals surface area contributed by atoms with Crippen molar-refractivity contribution in [2.45, 2.75) is 39.8 Å². The van der Waals surface area contributed by atoms with Crippen molar-refractivity contribution >= 4 is 16.8 Å². The van der Waals surface area contributed by atoms with E-state index in [0.717, 1.165) is 11.3 Å². The van der Waals surface area contributed by atoms with Crippen LogP contribution < -0.4 is 20.3 Å². The molecule has 0 spiro atoms. The number of carbonyl (C=O) groups excluding carboxylic acids is 1. The first-order chi connectivity index (χ1) is 16.9. The molecule has 0 aliphatic rings. The number of methoxy groups -OCH3 is 2. The van der Waals surface area contributed by atoms with Gasteiger partial charge in [-0.2, -0.15) is 10.2 Å². The second-order valence-corrected chi connectivity index (χ2v) is 8.22. The van der Waals surface area contributed by atoms with Gasteiger partial charge in [-0.05, 0) is 50.1 Å². The number of carbonyl (C=O) groups is 1. The summed E-state index contributed by atoms with van der Waals surface area (Å²) in [5.41, 5.74) is 3.19. The van der Waals surface area contributed by atoms with E-state index in [1.807, 2.05) is 56.3 Å². The summed E-state index contributed by atoms with van der Waals surface area (Å²) in [6.07, 6.45) is 0.404. The van der Waals surface area contributed by atoms with Crippen LogP contribution in [0.15, 0.2) is 53.3 Å². The van der Waals surface area contributed by atoms with Crippen LogP contribution in [0.5, 0.6) is 11.5 Å². The molecule has 2 aromatic heterocycles. The molecular weight excluding hydrogens is 446 g/mol. The minimum atomic E-state index is -0.759. The van der Waals surface area contributed by atoms with Gasteiger partial charge < -0.3 is 14.8 Å². The van der Waals surface area contributed by atoms with E-state index in [2.05, 4.69) is 15.5 Å². The number of benzene rings is 2. The first-order valence-electron chi connectivity index (χ1n) is 11.4. The molecule has 9 nitrogen and oxygen atoms in total. The summed E-state index contributed by atoms with van der Waals surface area (Å²) in [4.78, 5) is 26.7. The molecule has 9 heteroatoms. The minimum absolute atomic E-state index is 0.274. The second kappa shape index (κ2) is 10.0. The fraction of sp³-hybridized carbons (Fsp3) is 0.308. The molecule has 1 atom stereocenters. The average molecular weight is 476 g/mol. The number of rotatable bonds is 8. The van der Waals surface area contributed by atoms with Gasteiger partial charge in [-0.25, -0.2) is 9.36 Å². The summed E-state index contributed by atoms with van der Waals surface area (Å²) in [5, 5.41) is 12.5. The molecule has 4 aromatic rings. The van der Waals surface area contributed by atoms with Crippen molar-refractivity contribution in [3.8, 4) is 17.2 Å². The third-order valence-corrected chi connectivity index (χ3v) is 6.04. The molecule has 2 heterocycles. The van der Waals surface area contributed by atoms with Crippen molar-refractivity contribution in [3.05, 3.63) is 75.8 Å². The maximum absolute atomic E-state index is 13.5. The van der Waals surface area contributed by atoms with Crippen LogP contribution >= 0.6 is 0 Å². The van der Waals surface area contributed by atoms with E-state index in [9.17, 15) is 9.59 Å². The second-order valence-electron chi connectivity index (χ2n) is 8.22. The predicted molar refractivity (Wildman–Crippen MR) is 133 cm³/mol. The Morgan fingerprint density at radius 2 is 1.74 bits per heavy atom. The van der Waals surface area contributed by atoms with Gasteiger partial charge in [-0.3, -0.25) is 9.59 Å². The molecule has 1 N–H and O–H groups in total. The Morgan fingerprint density at radius 3 is 2.40 bits per heavy atom. The van der Waals surface area contributed by atoms with Crippen molar-refractivity contribution in [1.82, 2.24) is 24.9 Å². The number of hydrogen-bond acceptors (Lipinski definition) is 6. The number of hydrogen-bond donors (Lipinski definition) is 1. The Kier molecular flexibility index (Phi) is 6.86. The largest absolute Gasteiger partial charge is 0.493 e. The number of aryl methyl sites for hydroxylation is 2. The molecule has 1 amide bonds. The Labute approximate surface area is 203 Å².